The highest BCUT2D eigenvalue weighted by atomic mass is 16.5. The van der Waals surface area contributed by atoms with Gasteiger partial charge in [0.15, 0.2) is 5.96 Å². The molecule has 0 aromatic heterocycles. The maximum atomic E-state index is 5.61. The van der Waals surface area contributed by atoms with Crippen molar-refractivity contribution in [1.29, 1.82) is 0 Å². The fourth-order valence-electron chi connectivity index (χ4n) is 2.74. The molecule has 0 radical (unpaired) electrons. The molecular weight excluding hydrogens is 314 g/mol. The van der Waals surface area contributed by atoms with E-state index in [0.717, 1.165) is 22.8 Å². The number of benzene rings is 2. The van der Waals surface area contributed by atoms with E-state index in [1.807, 2.05) is 43.4 Å². The third-order valence-electron chi connectivity index (χ3n) is 4.07. The Kier molecular flexibility index (Phi) is 7.29. The molecule has 0 saturated carbocycles. The summed E-state index contributed by atoms with van der Waals surface area (Å²) in [6.07, 6.45) is -0.0300. The van der Waals surface area contributed by atoms with Gasteiger partial charge in [0.25, 0.3) is 0 Å². The molecule has 0 heterocycles. The molecule has 0 aliphatic rings. The maximum Gasteiger partial charge on any atom is 0.193 e. The van der Waals surface area contributed by atoms with Crippen molar-refractivity contribution in [2.45, 2.75) is 12.6 Å². The first-order valence-corrected chi connectivity index (χ1v) is 8.31. The molecule has 134 valence electrons. The quantitative estimate of drug-likeness (QED) is 0.621. The summed E-state index contributed by atoms with van der Waals surface area (Å²) in [5, 5.41) is 3.39. The van der Waals surface area contributed by atoms with Crippen LogP contribution in [0.5, 0.6) is 5.75 Å². The summed E-state index contributed by atoms with van der Waals surface area (Å²) in [7, 11) is 7.20. The molecule has 2 rings (SSSR count). The standard InChI is InChI=1S/C20H27N3O2/c1-21-20(22-14-19(25-4)16-10-6-5-7-11-16)23(2)15-17-12-8-9-13-18(17)24-3/h5-13,19H,14-15H2,1-4H3,(H,21,22). The second-order valence-electron chi connectivity index (χ2n) is 5.73. The second kappa shape index (κ2) is 9.69. The van der Waals surface area contributed by atoms with Crippen LogP contribution in [0.3, 0.4) is 0 Å². The Hall–Kier alpha value is -2.53. The van der Waals surface area contributed by atoms with Crippen LogP contribution in [0.15, 0.2) is 59.6 Å². The molecule has 5 heteroatoms. The Balaban J connectivity index is 1.99. The molecular formula is C20H27N3O2. The van der Waals surface area contributed by atoms with Crippen molar-refractivity contribution in [3.8, 4) is 5.75 Å². The topological polar surface area (TPSA) is 46.1 Å². The molecule has 25 heavy (non-hydrogen) atoms. The van der Waals surface area contributed by atoms with Crippen molar-refractivity contribution in [3.63, 3.8) is 0 Å². The summed E-state index contributed by atoms with van der Waals surface area (Å²) < 4.78 is 11.0. The van der Waals surface area contributed by atoms with Gasteiger partial charge in [0.1, 0.15) is 5.75 Å². The van der Waals surface area contributed by atoms with E-state index < -0.39 is 0 Å². The van der Waals surface area contributed by atoms with Gasteiger partial charge in [-0.1, -0.05) is 48.5 Å². The number of nitrogens with zero attached hydrogens (tertiary/aromatic N) is 2. The average molecular weight is 341 g/mol. The Bertz CT molecular complexity index is 674. The van der Waals surface area contributed by atoms with Crippen LogP contribution >= 0.6 is 0 Å². The number of hydrogen-bond donors (Lipinski definition) is 1. The number of nitrogens with one attached hydrogen (secondary N) is 1. The molecule has 0 spiro atoms. The summed E-state index contributed by atoms with van der Waals surface area (Å²) in [6.45, 7) is 1.34. The highest BCUT2D eigenvalue weighted by Gasteiger charge is 2.14. The summed E-state index contributed by atoms with van der Waals surface area (Å²) in [5.74, 6) is 1.69. The molecule has 1 atom stereocenters. The second-order valence-corrected chi connectivity index (χ2v) is 5.73. The monoisotopic (exact) mass is 341 g/mol. The van der Waals surface area contributed by atoms with Crippen LogP contribution in [-0.2, 0) is 11.3 Å². The van der Waals surface area contributed by atoms with Gasteiger partial charge < -0.3 is 19.7 Å². The number of guanidine groups is 1. The van der Waals surface area contributed by atoms with Crippen molar-refractivity contribution in [2.75, 3.05) is 34.9 Å². The van der Waals surface area contributed by atoms with Gasteiger partial charge in [0.05, 0.1) is 13.2 Å². The number of para-hydroxylation sites is 1. The predicted octanol–water partition coefficient (Wildman–Crippen LogP) is 3.09. The van der Waals surface area contributed by atoms with Crippen LogP contribution in [0, 0.1) is 0 Å². The SMILES string of the molecule is CN=C(NCC(OC)c1ccccc1)N(C)Cc1ccccc1OC. The zero-order valence-corrected chi connectivity index (χ0v) is 15.4. The first-order valence-electron chi connectivity index (χ1n) is 8.31. The fraction of sp³-hybridized carbons (Fsp3) is 0.350. The molecule has 5 nitrogen and oxygen atoms in total. The highest BCUT2D eigenvalue weighted by Crippen LogP contribution is 2.19. The van der Waals surface area contributed by atoms with Crippen LogP contribution in [0.25, 0.3) is 0 Å². The van der Waals surface area contributed by atoms with Crippen LogP contribution in [0.2, 0.25) is 0 Å². The number of aliphatic imine (C=N–C) groups is 1. The van der Waals surface area contributed by atoms with E-state index in [-0.39, 0.29) is 6.10 Å². The lowest BCUT2D eigenvalue weighted by molar-refractivity contribution is 0.106. The Labute approximate surface area is 150 Å². The molecule has 0 saturated heterocycles. The van der Waals surface area contributed by atoms with Crippen LogP contribution in [0.4, 0.5) is 0 Å². The molecule has 2 aromatic rings. The van der Waals surface area contributed by atoms with E-state index in [1.54, 1.807) is 21.3 Å². The van der Waals surface area contributed by atoms with Gasteiger partial charge in [-0.05, 0) is 11.6 Å². The minimum Gasteiger partial charge on any atom is -0.496 e. The number of methoxy groups -OCH3 is 2. The fourth-order valence-corrected chi connectivity index (χ4v) is 2.74. The molecule has 0 aliphatic heterocycles. The van der Waals surface area contributed by atoms with E-state index in [4.69, 9.17) is 9.47 Å². The van der Waals surface area contributed by atoms with Crippen molar-refractivity contribution < 1.29 is 9.47 Å². The zero-order chi connectivity index (χ0) is 18.1. The summed E-state index contributed by atoms with van der Waals surface area (Å²) in [6, 6.07) is 18.2. The van der Waals surface area contributed by atoms with Crippen LogP contribution < -0.4 is 10.1 Å². The number of rotatable bonds is 7. The van der Waals surface area contributed by atoms with Gasteiger partial charge in [-0.15, -0.1) is 0 Å². The van der Waals surface area contributed by atoms with Crippen molar-refractivity contribution in [3.05, 3.63) is 65.7 Å². The molecule has 1 unspecified atom stereocenters. The molecule has 0 fully saturated rings. The van der Waals surface area contributed by atoms with E-state index in [9.17, 15) is 0 Å². The maximum absolute atomic E-state index is 5.61. The number of ether oxygens (including phenoxy) is 2. The van der Waals surface area contributed by atoms with Gasteiger partial charge in [0.2, 0.25) is 0 Å². The molecule has 0 amide bonds. The predicted molar refractivity (Wildman–Crippen MR) is 102 cm³/mol. The average Bonchev–Trinajstić information content (AvgIpc) is 2.66. The first kappa shape index (κ1) is 18.8. The van der Waals surface area contributed by atoms with Gasteiger partial charge in [0, 0.05) is 39.9 Å². The molecule has 1 N–H and O–H groups in total. The summed E-state index contributed by atoms with van der Waals surface area (Å²) in [5.41, 5.74) is 2.25. The van der Waals surface area contributed by atoms with E-state index in [2.05, 4.69) is 33.4 Å². The molecule has 2 aromatic carbocycles. The third kappa shape index (κ3) is 5.22. The van der Waals surface area contributed by atoms with Gasteiger partial charge >= 0.3 is 0 Å². The number of hydrogen-bond acceptors (Lipinski definition) is 3. The van der Waals surface area contributed by atoms with E-state index in [0.29, 0.717) is 13.1 Å². The van der Waals surface area contributed by atoms with Crippen LogP contribution in [-0.4, -0.2) is 45.7 Å². The lowest BCUT2D eigenvalue weighted by Crippen LogP contribution is -2.40. The van der Waals surface area contributed by atoms with Gasteiger partial charge in [-0.2, -0.15) is 0 Å². The minimum absolute atomic E-state index is 0.0300. The van der Waals surface area contributed by atoms with Crippen molar-refractivity contribution >= 4 is 5.96 Å². The van der Waals surface area contributed by atoms with Gasteiger partial charge in [-0.3, -0.25) is 4.99 Å². The van der Waals surface area contributed by atoms with E-state index in [1.165, 1.54) is 0 Å². The Morgan fingerprint density at radius 2 is 1.76 bits per heavy atom. The highest BCUT2D eigenvalue weighted by molar-refractivity contribution is 5.79. The Morgan fingerprint density at radius 1 is 1.08 bits per heavy atom. The lowest BCUT2D eigenvalue weighted by atomic mass is 10.1. The normalized spacial score (nSPS) is 12.6. The van der Waals surface area contributed by atoms with Crippen molar-refractivity contribution in [1.82, 2.24) is 10.2 Å². The lowest BCUT2D eigenvalue weighted by Gasteiger charge is -2.25. The largest absolute Gasteiger partial charge is 0.496 e. The Morgan fingerprint density at radius 3 is 2.40 bits per heavy atom. The summed E-state index contributed by atoms with van der Waals surface area (Å²) in [4.78, 5) is 6.44. The molecule has 0 aliphatic carbocycles. The van der Waals surface area contributed by atoms with Gasteiger partial charge in [-0.25, -0.2) is 0 Å². The third-order valence-corrected chi connectivity index (χ3v) is 4.07. The molecule has 0 bridgehead atoms. The first-order chi connectivity index (χ1) is 12.2. The summed E-state index contributed by atoms with van der Waals surface area (Å²) >= 11 is 0. The van der Waals surface area contributed by atoms with Crippen molar-refractivity contribution in [2.24, 2.45) is 4.99 Å². The minimum atomic E-state index is -0.0300. The zero-order valence-electron chi connectivity index (χ0n) is 15.4. The van der Waals surface area contributed by atoms with Crippen LogP contribution in [0.1, 0.15) is 17.2 Å². The van der Waals surface area contributed by atoms with E-state index >= 15 is 0 Å². The smallest absolute Gasteiger partial charge is 0.193 e.